The first kappa shape index (κ1) is 11.5. The van der Waals surface area contributed by atoms with E-state index in [1.54, 1.807) is 30.3 Å². The highest BCUT2D eigenvalue weighted by Gasteiger charge is 2.19. The molecule has 0 aliphatic carbocycles. The van der Waals surface area contributed by atoms with Crippen molar-refractivity contribution in [2.24, 2.45) is 0 Å². The molecule has 0 spiro atoms. The average molecular weight is 238 g/mol. The first-order valence-corrected chi connectivity index (χ1v) is 4.92. The standard InChI is InChI=1S/C13H9F3O/c1-17-10-7-9(8-5-3-2-4-6-8)11(14)13(16)12(10)15/h2-7H,1H3. The van der Waals surface area contributed by atoms with E-state index < -0.39 is 17.5 Å². The zero-order valence-corrected chi connectivity index (χ0v) is 9.01. The number of methoxy groups -OCH3 is 1. The smallest absolute Gasteiger partial charge is 0.203 e. The molecule has 0 radical (unpaired) electrons. The van der Waals surface area contributed by atoms with Gasteiger partial charge in [0.25, 0.3) is 0 Å². The fraction of sp³-hybridized carbons (Fsp3) is 0.0769. The Labute approximate surface area is 96.5 Å². The molecule has 0 bridgehead atoms. The van der Waals surface area contributed by atoms with E-state index in [0.717, 1.165) is 6.07 Å². The van der Waals surface area contributed by atoms with Gasteiger partial charge in [-0.3, -0.25) is 0 Å². The van der Waals surface area contributed by atoms with Gasteiger partial charge in [0.1, 0.15) is 0 Å². The summed E-state index contributed by atoms with van der Waals surface area (Å²) in [5.41, 5.74) is 0.434. The van der Waals surface area contributed by atoms with Crippen LogP contribution in [-0.2, 0) is 0 Å². The van der Waals surface area contributed by atoms with Gasteiger partial charge in [-0.15, -0.1) is 0 Å². The molecule has 2 rings (SSSR count). The SMILES string of the molecule is COc1cc(-c2ccccc2)c(F)c(F)c1F. The van der Waals surface area contributed by atoms with E-state index in [4.69, 9.17) is 0 Å². The minimum atomic E-state index is -1.52. The highest BCUT2D eigenvalue weighted by Crippen LogP contribution is 2.31. The van der Waals surface area contributed by atoms with E-state index in [-0.39, 0.29) is 11.3 Å². The van der Waals surface area contributed by atoms with E-state index in [2.05, 4.69) is 4.74 Å². The van der Waals surface area contributed by atoms with Crippen LogP contribution in [-0.4, -0.2) is 7.11 Å². The number of hydrogen-bond acceptors (Lipinski definition) is 1. The van der Waals surface area contributed by atoms with Crippen LogP contribution in [0.3, 0.4) is 0 Å². The second kappa shape index (κ2) is 4.49. The van der Waals surface area contributed by atoms with Crippen LogP contribution in [0.4, 0.5) is 13.2 Å². The summed E-state index contributed by atoms with van der Waals surface area (Å²) in [5, 5.41) is 0. The third kappa shape index (κ3) is 1.98. The molecule has 0 saturated carbocycles. The van der Waals surface area contributed by atoms with Crippen LogP contribution in [0.2, 0.25) is 0 Å². The summed E-state index contributed by atoms with van der Waals surface area (Å²) < 4.78 is 44.8. The molecule has 0 aromatic heterocycles. The minimum Gasteiger partial charge on any atom is -0.494 e. The van der Waals surface area contributed by atoms with Crippen molar-refractivity contribution in [2.45, 2.75) is 0 Å². The van der Waals surface area contributed by atoms with E-state index in [1.165, 1.54) is 7.11 Å². The maximum atomic E-state index is 13.6. The molecule has 2 aromatic rings. The Morgan fingerprint density at radius 3 is 2.12 bits per heavy atom. The van der Waals surface area contributed by atoms with Gasteiger partial charge in [0.05, 0.1) is 7.11 Å². The van der Waals surface area contributed by atoms with Crippen molar-refractivity contribution in [3.8, 4) is 16.9 Å². The lowest BCUT2D eigenvalue weighted by atomic mass is 10.0. The van der Waals surface area contributed by atoms with Crippen LogP contribution >= 0.6 is 0 Å². The van der Waals surface area contributed by atoms with Crippen LogP contribution in [0, 0.1) is 17.5 Å². The molecule has 0 N–H and O–H groups in total. The van der Waals surface area contributed by atoms with Gasteiger partial charge in [0, 0.05) is 5.56 Å². The van der Waals surface area contributed by atoms with Crippen molar-refractivity contribution in [3.05, 3.63) is 53.8 Å². The lowest BCUT2D eigenvalue weighted by Gasteiger charge is -2.09. The number of ether oxygens (including phenoxy) is 1. The zero-order valence-electron chi connectivity index (χ0n) is 9.01. The van der Waals surface area contributed by atoms with E-state index in [9.17, 15) is 13.2 Å². The third-order valence-corrected chi connectivity index (χ3v) is 2.42. The minimum absolute atomic E-state index is 0.0265. The van der Waals surface area contributed by atoms with Crippen molar-refractivity contribution in [2.75, 3.05) is 7.11 Å². The van der Waals surface area contributed by atoms with Crippen LogP contribution in [0.5, 0.6) is 5.75 Å². The summed E-state index contributed by atoms with van der Waals surface area (Å²) in [7, 11) is 1.20. The monoisotopic (exact) mass is 238 g/mol. The molecule has 2 aromatic carbocycles. The number of benzene rings is 2. The fourth-order valence-electron chi connectivity index (χ4n) is 1.56. The van der Waals surface area contributed by atoms with Crippen LogP contribution < -0.4 is 4.74 Å². The summed E-state index contributed by atoms with van der Waals surface area (Å²) in [6, 6.07) is 9.47. The normalized spacial score (nSPS) is 10.4. The Bertz CT molecular complexity index is 538. The molecule has 0 fully saturated rings. The van der Waals surface area contributed by atoms with Crippen molar-refractivity contribution < 1.29 is 17.9 Å². The molecule has 0 heterocycles. The van der Waals surface area contributed by atoms with Crippen molar-refractivity contribution >= 4 is 0 Å². The second-order valence-electron chi connectivity index (χ2n) is 3.43. The Morgan fingerprint density at radius 1 is 0.882 bits per heavy atom. The molecule has 88 valence electrons. The highest BCUT2D eigenvalue weighted by molar-refractivity contribution is 5.66. The van der Waals surface area contributed by atoms with Gasteiger partial charge < -0.3 is 4.74 Å². The molecule has 17 heavy (non-hydrogen) atoms. The Hall–Kier alpha value is -1.97. The fourth-order valence-corrected chi connectivity index (χ4v) is 1.56. The molecular weight excluding hydrogens is 229 g/mol. The van der Waals surface area contributed by atoms with Gasteiger partial charge in [0.2, 0.25) is 5.82 Å². The van der Waals surface area contributed by atoms with Crippen LogP contribution in [0.15, 0.2) is 36.4 Å². The van der Waals surface area contributed by atoms with Crippen LogP contribution in [0.1, 0.15) is 0 Å². The van der Waals surface area contributed by atoms with Gasteiger partial charge in [-0.1, -0.05) is 30.3 Å². The predicted molar refractivity (Wildman–Crippen MR) is 58.3 cm³/mol. The second-order valence-corrected chi connectivity index (χ2v) is 3.43. The quantitative estimate of drug-likeness (QED) is 0.723. The van der Waals surface area contributed by atoms with Crippen LogP contribution in [0.25, 0.3) is 11.1 Å². The summed E-state index contributed by atoms with van der Waals surface area (Å²) >= 11 is 0. The Kier molecular flexibility index (Phi) is 3.04. The lowest BCUT2D eigenvalue weighted by molar-refractivity contribution is 0.361. The van der Waals surface area contributed by atoms with E-state index in [1.807, 2.05) is 0 Å². The highest BCUT2D eigenvalue weighted by atomic mass is 19.2. The van der Waals surface area contributed by atoms with E-state index in [0.29, 0.717) is 5.56 Å². The molecule has 0 aliphatic rings. The molecule has 4 heteroatoms. The van der Waals surface area contributed by atoms with Crippen molar-refractivity contribution in [3.63, 3.8) is 0 Å². The molecule has 0 aliphatic heterocycles. The summed E-state index contributed by atoms with van der Waals surface area (Å²) in [5.74, 6) is -4.37. The maximum absolute atomic E-state index is 13.6. The molecule has 0 atom stereocenters. The lowest BCUT2D eigenvalue weighted by Crippen LogP contribution is -1.98. The molecule has 0 unspecified atom stereocenters. The van der Waals surface area contributed by atoms with Gasteiger partial charge in [-0.2, -0.15) is 4.39 Å². The average Bonchev–Trinajstić information content (AvgIpc) is 2.37. The molecule has 0 amide bonds. The van der Waals surface area contributed by atoms with Gasteiger partial charge >= 0.3 is 0 Å². The number of rotatable bonds is 2. The molecule has 1 nitrogen and oxygen atoms in total. The number of hydrogen-bond donors (Lipinski definition) is 0. The number of halogens is 3. The maximum Gasteiger partial charge on any atom is 0.203 e. The first-order valence-electron chi connectivity index (χ1n) is 4.92. The van der Waals surface area contributed by atoms with Gasteiger partial charge in [-0.05, 0) is 11.6 Å². The summed E-state index contributed by atoms with van der Waals surface area (Å²) in [6.07, 6.45) is 0. The largest absolute Gasteiger partial charge is 0.494 e. The first-order chi connectivity index (χ1) is 8.15. The Balaban J connectivity index is 2.67. The topological polar surface area (TPSA) is 9.23 Å². The Morgan fingerprint density at radius 2 is 1.53 bits per heavy atom. The van der Waals surface area contributed by atoms with Gasteiger partial charge in [-0.25, -0.2) is 8.78 Å². The van der Waals surface area contributed by atoms with Crippen molar-refractivity contribution in [1.82, 2.24) is 0 Å². The summed E-state index contributed by atoms with van der Waals surface area (Å²) in [6.45, 7) is 0. The third-order valence-electron chi connectivity index (χ3n) is 2.42. The summed E-state index contributed by atoms with van der Waals surface area (Å²) in [4.78, 5) is 0. The molecule has 0 saturated heterocycles. The predicted octanol–water partition coefficient (Wildman–Crippen LogP) is 3.78. The van der Waals surface area contributed by atoms with E-state index >= 15 is 0 Å². The van der Waals surface area contributed by atoms with Crippen molar-refractivity contribution in [1.29, 1.82) is 0 Å². The molecular formula is C13H9F3O. The zero-order chi connectivity index (χ0) is 12.4. The van der Waals surface area contributed by atoms with Gasteiger partial charge in [0.15, 0.2) is 17.4 Å².